The van der Waals surface area contributed by atoms with E-state index in [-0.39, 0.29) is 34.5 Å². The van der Waals surface area contributed by atoms with E-state index >= 15 is 0 Å². The number of hydrogen-bond donors (Lipinski definition) is 1. The van der Waals surface area contributed by atoms with Crippen LogP contribution in [0, 0.1) is 5.82 Å². The number of aromatic nitrogens is 4. The molecule has 0 saturated heterocycles. The van der Waals surface area contributed by atoms with E-state index in [1.807, 2.05) is 0 Å². The van der Waals surface area contributed by atoms with Gasteiger partial charge in [0.2, 0.25) is 11.5 Å². The Bertz CT molecular complexity index is 921. The molecular formula is C13H11BrFN5O4. The highest BCUT2D eigenvalue weighted by Gasteiger charge is 2.25. The van der Waals surface area contributed by atoms with Gasteiger partial charge in [0.1, 0.15) is 11.9 Å². The van der Waals surface area contributed by atoms with Crippen LogP contribution in [0.15, 0.2) is 36.6 Å². The predicted molar refractivity (Wildman–Crippen MR) is 82.2 cm³/mol. The lowest BCUT2D eigenvalue weighted by molar-refractivity contribution is 0.201. The van der Waals surface area contributed by atoms with Crippen LogP contribution in [0.4, 0.5) is 4.39 Å². The van der Waals surface area contributed by atoms with E-state index in [9.17, 15) is 9.18 Å². The zero-order chi connectivity index (χ0) is 17.3. The van der Waals surface area contributed by atoms with Crippen LogP contribution in [-0.2, 0) is 0 Å². The largest absolute Gasteiger partial charge is 0.469 e. The molecule has 0 fully saturated rings. The summed E-state index contributed by atoms with van der Waals surface area (Å²) in [5.41, 5.74) is 5.87. The van der Waals surface area contributed by atoms with E-state index in [1.54, 1.807) is 6.92 Å². The summed E-state index contributed by atoms with van der Waals surface area (Å²) in [5, 5.41) is 11.0. The lowest BCUT2D eigenvalue weighted by Crippen LogP contribution is -2.23. The van der Waals surface area contributed by atoms with Gasteiger partial charge in [-0.15, -0.1) is 0 Å². The van der Waals surface area contributed by atoms with Crippen molar-refractivity contribution < 1.29 is 18.3 Å². The number of benzene rings is 1. The number of nitrogens with zero attached hydrogens (tertiary/aromatic N) is 4. The first kappa shape index (κ1) is 16.3. The van der Waals surface area contributed by atoms with Crippen LogP contribution in [-0.4, -0.2) is 32.7 Å². The van der Waals surface area contributed by atoms with E-state index in [1.165, 1.54) is 18.2 Å². The fraction of sp³-hybridized carbons (Fsp3) is 0.231. The number of ether oxygens (including phenoxy) is 1. The molecule has 2 aromatic heterocycles. The molecule has 2 N–H and O–H groups in total. The average Bonchev–Trinajstić information content (AvgIpc) is 3.16. The standard InChI is InChI=1S/C13H11BrFN5O4/c1-6(5-16)22-12-10(17-24-19-12)11-18-23-13(21)20(11)7-2-3-9(15)8(14)4-7/h2-4,6H,5,16H2,1H3. The molecule has 11 heteroatoms. The molecule has 1 aromatic carbocycles. The molecule has 1 unspecified atom stereocenters. The summed E-state index contributed by atoms with van der Waals surface area (Å²) >= 11 is 3.06. The van der Waals surface area contributed by atoms with Crippen LogP contribution >= 0.6 is 15.9 Å². The number of rotatable bonds is 5. The fourth-order valence-corrected chi connectivity index (χ4v) is 2.25. The molecule has 0 aliphatic carbocycles. The van der Waals surface area contributed by atoms with Crippen molar-refractivity contribution in [2.75, 3.05) is 6.54 Å². The smallest absolute Gasteiger partial charge is 0.446 e. The third-order valence-corrected chi connectivity index (χ3v) is 3.69. The van der Waals surface area contributed by atoms with Crippen LogP contribution < -0.4 is 16.2 Å². The van der Waals surface area contributed by atoms with Crippen LogP contribution in [0.25, 0.3) is 17.2 Å². The summed E-state index contributed by atoms with van der Waals surface area (Å²) in [6.45, 7) is 1.97. The summed E-state index contributed by atoms with van der Waals surface area (Å²) < 4.78 is 29.5. The van der Waals surface area contributed by atoms with Crippen LogP contribution in [0.1, 0.15) is 6.92 Å². The van der Waals surface area contributed by atoms with Gasteiger partial charge in [0.25, 0.3) is 5.88 Å². The first-order valence-corrected chi connectivity index (χ1v) is 7.54. The van der Waals surface area contributed by atoms with Gasteiger partial charge in [0.05, 0.1) is 10.2 Å². The first-order chi connectivity index (χ1) is 11.5. The second-order valence-electron chi connectivity index (χ2n) is 4.79. The molecule has 126 valence electrons. The van der Waals surface area contributed by atoms with Crippen LogP contribution in [0.3, 0.4) is 0 Å². The fourth-order valence-electron chi connectivity index (χ4n) is 1.88. The van der Waals surface area contributed by atoms with Gasteiger partial charge < -0.3 is 10.5 Å². The maximum atomic E-state index is 13.4. The highest BCUT2D eigenvalue weighted by molar-refractivity contribution is 9.10. The van der Waals surface area contributed by atoms with Crippen molar-refractivity contribution in [3.05, 3.63) is 39.0 Å². The minimum atomic E-state index is -0.788. The summed E-state index contributed by atoms with van der Waals surface area (Å²) in [7, 11) is 0. The maximum absolute atomic E-state index is 13.4. The van der Waals surface area contributed by atoms with E-state index in [4.69, 9.17) is 10.5 Å². The molecular weight excluding hydrogens is 389 g/mol. The molecule has 1 atom stereocenters. The minimum Gasteiger partial charge on any atom is -0.469 e. The summed E-state index contributed by atoms with van der Waals surface area (Å²) in [5.74, 6) is -1.26. The summed E-state index contributed by atoms with van der Waals surface area (Å²) in [4.78, 5) is 12.0. The molecule has 24 heavy (non-hydrogen) atoms. The molecule has 3 aromatic rings. The monoisotopic (exact) mass is 399 g/mol. The van der Waals surface area contributed by atoms with E-state index in [0.29, 0.717) is 5.69 Å². The van der Waals surface area contributed by atoms with Gasteiger partial charge in [-0.25, -0.2) is 18.4 Å². The predicted octanol–water partition coefficient (Wildman–Crippen LogP) is 1.50. The Morgan fingerprint density at radius 3 is 2.92 bits per heavy atom. The molecule has 0 aliphatic rings. The quantitative estimate of drug-likeness (QED) is 0.684. The van der Waals surface area contributed by atoms with Gasteiger partial charge in [0.15, 0.2) is 0 Å². The zero-order valence-corrected chi connectivity index (χ0v) is 13.9. The lowest BCUT2D eigenvalue weighted by atomic mass is 10.3. The van der Waals surface area contributed by atoms with Crippen LogP contribution in [0.5, 0.6) is 5.88 Å². The summed E-state index contributed by atoms with van der Waals surface area (Å²) in [6.07, 6.45) is -0.359. The Morgan fingerprint density at radius 2 is 2.21 bits per heavy atom. The Hall–Kier alpha value is -2.53. The molecule has 0 spiro atoms. The van der Waals surface area contributed by atoms with Crippen molar-refractivity contribution in [2.45, 2.75) is 13.0 Å². The van der Waals surface area contributed by atoms with Crippen molar-refractivity contribution >= 4 is 15.9 Å². The highest BCUT2D eigenvalue weighted by Crippen LogP contribution is 2.27. The minimum absolute atomic E-state index is 0.000945. The summed E-state index contributed by atoms with van der Waals surface area (Å²) in [6, 6.07) is 3.98. The normalized spacial score (nSPS) is 12.3. The number of nitrogens with two attached hydrogens (primary N) is 1. The van der Waals surface area contributed by atoms with Gasteiger partial charge >= 0.3 is 5.76 Å². The second kappa shape index (κ2) is 6.53. The Kier molecular flexibility index (Phi) is 4.44. The van der Waals surface area contributed by atoms with Crippen molar-refractivity contribution in [1.29, 1.82) is 0 Å². The molecule has 2 heterocycles. The Labute approximate surface area is 142 Å². The van der Waals surface area contributed by atoms with E-state index < -0.39 is 11.6 Å². The Balaban J connectivity index is 2.10. The van der Waals surface area contributed by atoms with Gasteiger partial charge in [-0.3, -0.25) is 4.52 Å². The van der Waals surface area contributed by atoms with Gasteiger partial charge in [-0.05, 0) is 51.4 Å². The van der Waals surface area contributed by atoms with Crippen LogP contribution in [0.2, 0.25) is 0 Å². The molecule has 0 bridgehead atoms. The maximum Gasteiger partial charge on any atom is 0.446 e. The Morgan fingerprint density at radius 1 is 1.42 bits per heavy atom. The van der Waals surface area contributed by atoms with Gasteiger partial charge in [-0.1, -0.05) is 5.16 Å². The SMILES string of the molecule is CC(CN)Oc1nonc1-c1noc(=O)n1-c1ccc(F)c(Br)c1. The third-order valence-electron chi connectivity index (χ3n) is 3.08. The topological polar surface area (TPSA) is 122 Å². The second-order valence-corrected chi connectivity index (χ2v) is 5.64. The highest BCUT2D eigenvalue weighted by atomic mass is 79.9. The molecule has 9 nitrogen and oxygen atoms in total. The molecule has 0 saturated carbocycles. The lowest BCUT2D eigenvalue weighted by Gasteiger charge is -2.09. The molecule has 3 rings (SSSR count). The number of halogens is 2. The zero-order valence-electron chi connectivity index (χ0n) is 12.3. The van der Waals surface area contributed by atoms with E-state index in [2.05, 4.69) is 40.6 Å². The van der Waals surface area contributed by atoms with Gasteiger partial charge in [-0.2, -0.15) is 0 Å². The number of hydrogen-bond acceptors (Lipinski definition) is 8. The molecule has 0 radical (unpaired) electrons. The first-order valence-electron chi connectivity index (χ1n) is 6.75. The van der Waals surface area contributed by atoms with Crippen molar-refractivity contribution in [3.63, 3.8) is 0 Å². The molecule has 0 aliphatic heterocycles. The van der Waals surface area contributed by atoms with Crippen molar-refractivity contribution in [3.8, 4) is 23.1 Å². The van der Waals surface area contributed by atoms with Crippen molar-refractivity contribution in [2.24, 2.45) is 5.73 Å². The van der Waals surface area contributed by atoms with E-state index in [0.717, 1.165) is 4.57 Å². The molecule has 0 amide bonds. The van der Waals surface area contributed by atoms with Gasteiger partial charge in [0, 0.05) is 6.54 Å². The third kappa shape index (κ3) is 2.95. The van der Waals surface area contributed by atoms with Crippen molar-refractivity contribution in [1.82, 2.24) is 20.0 Å². The average molecular weight is 400 g/mol.